The third kappa shape index (κ3) is 5.35. The first-order chi connectivity index (χ1) is 12.0. The van der Waals surface area contributed by atoms with E-state index in [0.29, 0.717) is 17.3 Å². The summed E-state index contributed by atoms with van der Waals surface area (Å²) >= 11 is 9.53. The van der Waals surface area contributed by atoms with Crippen LogP contribution >= 0.6 is 27.5 Å². The largest absolute Gasteiger partial charge is 0.389 e. The van der Waals surface area contributed by atoms with Gasteiger partial charge in [0, 0.05) is 27.9 Å². The monoisotopic (exact) mass is 417 g/mol. The van der Waals surface area contributed by atoms with Crippen LogP contribution in [0, 0.1) is 18.3 Å². The van der Waals surface area contributed by atoms with Gasteiger partial charge in [-0.2, -0.15) is 5.26 Å². The zero-order valence-corrected chi connectivity index (χ0v) is 16.0. The van der Waals surface area contributed by atoms with Crippen LogP contribution in [0.5, 0.6) is 0 Å². The van der Waals surface area contributed by atoms with Crippen molar-refractivity contribution in [3.05, 3.63) is 74.9 Å². The molecule has 0 heterocycles. The van der Waals surface area contributed by atoms with Gasteiger partial charge in [-0.1, -0.05) is 51.8 Å². The fraction of sp³-hybridized carbons (Fsp3) is 0.158. The summed E-state index contributed by atoms with van der Waals surface area (Å²) in [5, 5.41) is 15.5. The predicted octanol–water partition coefficient (Wildman–Crippen LogP) is 4.59. The highest BCUT2D eigenvalue weighted by molar-refractivity contribution is 9.10. The Morgan fingerprint density at radius 1 is 1.28 bits per heavy atom. The third-order valence-corrected chi connectivity index (χ3v) is 4.81. The average Bonchev–Trinajstić information content (AvgIpc) is 2.60. The Morgan fingerprint density at radius 3 is 2.76 bits per heavy atom. The molecule has 0 bridgehead atoms. The molecule has 25 heavy (non-hydrogen) atoms. The molecule has 0 aromatic heterocycles. The number of carbonyl (C=O) groups excluding carboxylic acids is 1. The third-order valence-electron chi connectivity index (χ3n) is 3.62. The van der Waals surface area contributed by atoms with Crippen LogP contribution in [-0.2, 0) is 11.2 Å². The van der Waals surface area contributed by atoms with E-state index < -0.39 is 5.91 Å². The maximum Gasteiger partial charge on any atom is 0.267 e. The van der Waals surface area contributed by atoms with Crippen LogP contribution in [0.2, 0.25) is 5.02 Å². The molecule has 6 heteroatoms. The first kappa shape index (κ1) is 19.0. The fourth-order valence-corrected chi connectivity index (χ4v) is 2.82. The highest BCUT2D eigenvalue weighted by atomic mass is 79.9. The van der Waals surface area contributed by atoms with E-state index in [2.05, 4.69) is 26.6 Å². The van der Waals surface area contributed by atoms with Crippen LogP contribution in [0.3, 0.4) is 0 Å². The molecule has 0 radical (unpaired) electrons. The summed E-state index contributed by atoms with van der Waals surface area (Å²) in [5.74, 6) is -0.471. The van der Waals surface area contributed by atoms with Crippen molar-refractivity contribution < 1.29 is 4.79 Å². The van der Waals surface area contributed by atoms with E-state index in [1.807, 2.05) is 37.3 Å². The Balaban J connectivity index is 1.95. The smallest absolute Gasteiger partial charge is 0.267 e. The molecule has 0 aliphatic carbocycles. The molecule has 0 aliphatic heterocycles. The molecule has 2 N–H and O–H groups in total. The van der Waals surface area contributed by atoms with Crippen LogP contribution in [-0.4, -0.2) is 12.5 Å². The fourth-order valence-electron chi connectivity index (χ4n) is 2.16. The minimum absolute atomic E-state index is 0.00602. The van der Waals surface area contributed by atoms with Gasteiger partial charge in [0.05, 0.1) is 0 Å². The number of halogens is 2. The van der Waals surface area contributed by atoms with Gasteiger partial charge in [0.2, 0.25) is 0 Å². The summed E-state index contributed by atoms with van der Waals surface area (Å²) in [6, 6.07) is 15.1. The molecule has 4 nitrogen and oxygen atoms in total. The molecule has 2 aromatic carbocycles. The lowest BCUT2D eigenvalue weighted by Crippen LogP contribution is -2.18. The number of amides is 1. The number of benzene rings is 2. The van der Waals surface area contributed by atoms with Crippen molar-refractivity contribution in [2.75, 3.05) is 11.9 Å². The Hall–Kier alpha value is -2.29. The van der Waals surface area contributed by atoms with Crippen molar-refractivity contribution >= 4 is 39.1 Å². The number of carbonyl (C=O) groups is 1. The summed E-state index contributed by atoms with van der Waals surface area (Å²) in [6.07, 6.45) is 2.21. The van der Waals surface area contributed by atoms with E-state index in [9.17, 15) is 10.1 Å². The van der Waals surface area contributed by atoms with Crippen LogP contribution in [0.15, 0.2) is 58.7 Å². The Labute approximate surface area is 160 Å². The van der Waals surface area contributed by atoms with E-state index in [0.717, 1.165) is 22.0 Å². The van der Waals surface area contributed by atoms with Crippen molar-refractivity contribution in [1.82, 2.24) is 5.32 Å². The number of hydrogen-bond donors (Lipinski definition) is 2. The molecule has 128 valence electrons. The summed E-state index contributed by atoms with van der Waals surface area (Å²) in [6.45, 7) is 2.42. The summed E-state index contributed by atoms with van der Waals surface area (Å²) in [7, 11) is 0. The van der Waals surface area contributed by atoms with Crippen molar-refractivity contribution in [2.45, 2.75) is 13.3 Å². The van der Waals surface area contributed by atoms with Gasteiger partial charge >= 0.3 is 0 Å². The lowest BCUT2D eigenvalue weighted by atomic mass is 10.1. The van der Waals surface area contributed by atoms with Gasteiger partial charge in [0.25, 0.3) is 5.91 Å². The molecule has 0 saturated carbocycles. The van der Waals surface area contributed by atoms with Crippen LogP contribution in [0.1, 0.15) is 11.1 Å². The summed E-state index contributed by atoms with van der Waals surface area (Å²) in [5.41, 5.74) is 2.51. The van der Waals surface area contributed by atoms with Gasteiger partial charge in [-0.05, 0) is 42.7 Å². The SMILES string of the molecule is Cc1c(Cl)cccc1NC(=O)/C(C#N)=C\NCCc1ccccc1Br. The van der Waals surface area contributed by atoms with Crippen molar-refractivity contribution in [3.8, 4) is 6.07 Å². The minimum atomic E-state index is -0.471. The second kappa shape index (κ2) is 9.26. The van der Waals surface area contributed by atoms with E-state index in [1.165, 1.54) is 6.20 Å². The van der Waals surface area contributed by atoms with Gasteiger partial charge < -0.3 is 10.6 Å². The molecule has 0 unspecified atom stereocenters. The maximum absolute atomic E-state index is 12.2. The van der Waals surface area contributed by atoms with Crippen molar-refractivity contribution in [3.63, 3.8) is 0 Å². The average molecular weight is 419 g/mol. The normalized spacial score (nSPS) is 10.9. The first-order valence-corrected chi connectivity index (χ1v) is 8.83. The maximum atomic E-state index is 12.2. The van der Waals surface area contributed by atoms with Crippen LogP contribution in [0.25, 0.3) is 0 Å². The molecule has 2 aromatic rings. The van der Waals surface area contributed by atoms with E-state index in [4.69, 9.17) is 11.6 Å². The van der Waals surface area contributed by atoms with E-state index >= 15 is 0 Å². The van der Waals surface area contributed by atoms with Gasteiger partial charge in [0.1, 0.15) is 11.6 Å². The van der Waals surface area contributed by atoms with Crippen LogP contribution in [0.4, 0.5) is 5.69 Å². The van der Waals surface area contributed by atoms with Gasteiger partial charge in [-0.15, -0.1) is 0 Å². The Morgan fingerprint density at radius 2 is 2.04 bits per heavy atom. The predicted molar refractivity (Wildman–Crippen MR) is 104 cm³/mol. The number of rotatable bonds is 6. The standard InChI is InChI=1S/C19H17BrClN3O/c1-13-17(21)7-4-8-18(13)24-19(25)15(11-22)12-23-10-9-14-5-2-3-6-16(14)20/h2-8,12,23H,9-10H2,1H3,(H,24,25)/b15-12-. The molecule has 0 saturated heterocycles. The number of nitriles is 1. The lowest BCUT2D eigenvalue weighted by molar-refractivity contribution is -0.112. The molecule has 0 spiro atoms. The molecule has 2 rings (SSSR count). The second-order valence-electron chi connectivity index (χ2n) is 5.33. The first-order valence-electron chi connectivity index (χ1n) is 7.66. The number of anilines is 1. The topological polar surface area (TPSA) is 64.9 Å². The van der Waals surface area contributed by atoms with Gasteiger partial charge in [-0.25, -0.2) is 0 Å². The zero-order chi connectivity index (χ0) is 18.2. The highest BCUT2D eigenvalue weighted by Crippen LogP contribution is 2.23. The minimum Gasteiger partial charge on any atom is -0.389 e. The van der Waals surface area contributed by atoms with Crippen molar-refractivity contribution in [1.29, 1.82) is 5.26 Å². The summed E-state index contributed by atoms with van der Waals surface area (Å²) in [4.78, 5) is 12.2. The zero-order valence-electron chi connectivity index (χ0n) is 13.6. The molecule has 0 atom stereocenters. The quantitative estimate of drug-likeness (QED) is 0.410. The Kier molecular flexibility index (Phi) is 7.05. The van der Waals surface area contributed by atoms with Gasteiger partial charge in [-0.3, -0.25) is 4.79 Å². The number of hydrogen-bond acceptors (Lipinski definition) is 3. The lowest BCUT2D eigenvalue weighted by Gasteiger charge is -2.09. The second-order valence-corrected chi connectivity index (χ2v) is 6.59. The molecule has 1 amide bonds. The van der Waals surface area contributed by atoms with E-state index in [-0.39, 0.29) is 5.57 Å². The number of nitrogens with zero attached hydrogens (tertiary/aromatic N) is 1. The Bertz CT molecular complexity index is 843. The molecular formula is C19H17BrClN3O. The van der Waals surface area contributed by atoms with Gasteiger partial charge in [0.15, 0.2) is 0 Å². The highest BCUT2D eigenvalue weighted by Gasteiger charge is 2.11. The van der Waals surface area contributed by atoms with E-state index in [1.54, 1.807) is 18.2 Å². The van der Waals surface area contributed by atoms with Crippen molar-refractivity contribution in [2.24, 2.45) is 0 Å². The molecule has 0 fully saturated rings. The summed E-state index contributed by atoms with van der Waals surface area (Å²) < 4.78 is 1.04. The molecule has 0 aliphatic rings. The van der Waals surface area contributed by atoms with Crippen LogP contribution < -0.4 is 10.6 Å². The number of nitrogens with one attached hydrogen (secondary N) is 2. The molecular weight excluding hydrogens is 402 g/mol.